The molecule has 1 aromatic rings. The van der Waals surface area contributed by atoms with E-state index < -0.39 is 10.0 Å². The molecule has 0 fully saturated rings. The third kappa shape index (κ3) is 5.93. The minimum absolute atomic E-state index is 0.201. The van der Waals surface area contributed by atoms with Crippen molar-refractivity contribution in [3.8, 4) is 0 Å². The Morgan fingerprint density at radius 3 is 2.43 bits per heavy atom. The lowest BCUT2D eigenvalue weighted by Gasteiger charge is -2.17. The largest absolute Gasteiger partial charge is 0.385 e. The zero-order chi connectivity index (χ0) is 17.3. The van der Waals surface area contributed by atoms with E-state index in [1.807, 2.05) is 6.92 Å². The van der Waals surface area contributed by atoms with Crippen LogP contribution in [0.25, 0.3) is 0 Å². The van der Waals surface area contributed by atoms with Crippen molar-refractivity contribution in [3.05, 3.63) is 29.8 Å². The van der Waals surface area contributed by atoms with Crippen LogP contribution in [0.15, 0.2) is 29.2 Å². The number of nitrogens with zero attached hydrogens (tertiary/aromatic N) is 1. The highest BCUT2D eigenvalue weighted by molar-refractivity contribution is 7.89. The average Bonchev–Trinajstić information content (AvgIpc) is 2.56. The van der Waals surface area contributed by atoms with E-state index in [0.29, 0.717) is 25.3 Å². The van der Waals surface area contributed by atoms with Crippen molar-refractivity contribution >= 4 is 15.9 Å². The number of rotatable bonds is 10. The van der Waals surface area contributed by atoms with Gasteiger partial charge in [-0.05, 0) is 37.1 Å². The Kier molecular flexibility index (Phi) is 8.22. The molecule has 0 bridgehead atoms. The van der Waals surface area contributed by atoms with Crippen LogP contribution in [0.1, 0.15) is 36.5 Å². The number of methoxy groups -OCH3 is 1. The first kappa shape index (κ1) is 19.6. The number of sulfonamides is 1. The molecule has 6 nitrogen and oxygen atoms in total. The Balaban J connectivity index is 2.70. The lowest BCUT2D eigenvalue weighted by Crippen LogP contribution is -2.28. The number of carbonyl (C=O) groups is 1. The van der Waals surface area contributed by atoms with Gasteiger partial charge in [0.05, 0.1) is 4.90 Å². The maximum atomic E-state index is 12.4. The molecule has 0 spiro atoms. The molecule has 1 amide bonds. The van der Waals surface area contributed by atoms with E-state index in [1.54, 1.807) is 14.2 Å². The van der Waals surface area contributed by atoms with Gasteiger partial charge in [-0.25, -0.2) is 12.7 Å². The summed E-state index contributed by atoms with van der Waals surface area (Å²) >= 11 is 0. The second-order valence-electron chi connectivity index (χ2n) is 5.31. The van der Waals surface area contributed by atoms with Crippen LogP contribution in [0.5, 0.6) is 0 Å². The van der Waals surface area contributed by atoms with Gasteiger partial charge in [-0.15, -0.1) is 0 Å². The van der Waals surface area contributed by atoms with E-state index in [1.165, 1.54) is 28.6 Å². The van der Waals surface area contributed by atoms with Crippen LogP contribution in [0, 0.1) is 0 Å². The summed E-state index contributed by atoms with van der Waals surface area (Å²) in [5, 5.41) is 2.76. The van der Waals surface area contributed by atoms with Gasteiger partial charge < -0.3 is 10.1 Å². The summed E-state index contributed by atoms with van der Waals surface area (Å²) in [4.78, 5) is 12.1. The fourth-order valence-corrected chi connectivity index (χ4v) is 3.19. The lowest BCUT2D eigenvalue weighted by atomic mass is 10.2. The van der Waals surface area contributed by atoms with E-state index in [4.69, 9.17) is 4.74 Å². The molecular formula is C16H26N2O4S. The second-order valence-corrected chi connectivity index (χ2v) is 7.35. The number of ether oxygens (including phenoxy) is 1. The van der Waals surface area contributed by atoms with Crippen molar-refractivity contribution in [2.24, 2.45) is 0 Å². The number of hydrogen-bond acceptors (Lipinski definition) is 4. The van der Waals surface area contributed by atoms with Crippen molar-refractivity contribution in [3.63, 3.8) is 0 Å². The summed E-state index contributed by atoms with van der Waals surface area (Å²) in [6.45, 7) is 3.61. The molecule has 130 valence electrons. The molecule has 0 saturated heterocycles. The van der Waals surface area contributed by atoms with Crippen molar-refractivity contribution in [1.82, 2.24) is 9.62 Å². The van der Waals surface area contributed by atoms with E-state index in [2.05, 4.69) is 5.32 Å². The standard InChI is InChI=1S/C16H26N2O4S/c1-4-5-12-18(2)23(20,21)15-9-7-14(8-10-15)16(19)17-11-6-13-22-3/h7-10H,4-6,11-13H2,1-3H3,(H,17,19). The lowest BCUT2D eigenvalue weighted by molar-refractivity contribution is 0.0948. The molecule has 1 N–H and O–H groups in total. The van der Waals surface area contributed by atoms with Crippen LogP contribution < -0.4 is 5.32 Å². The molecule has 0 unspecified atom stereocenters. The summed E-state index contributed by atoms with van der Waals surface area (Å²) in [5.74, 6) is -0.218. The number of amides is 1. The number of carbonyl (C=O) groups excluding carboxylic acids is 1. The fourth-order valence-electron chi connectivity index (χ4n) is 1.98. The molecule has 0 aliphatic heterocycles. The van der Waals surface area contributed by atoms with E-state index >= 15 is 0 Å². The topological polar surface area (TPSA) is 75.7 Å². The highest BCUT2D eigenvalue weighted by atomic mass is 32.2. The van der Waals surface area contributed by atoms with Gasteiger partial charge >= 0.3 is 0 Å². The Morgan fingerprint density at radius 2 is 1.87 bits per heavy atom. The van der Waals surface area contributed by atoms with Gasteiger partial charge in [0.15, 0.2) is 0 Å². The molecule has 0 aliphatic carbocycles. The average molecular weight is 342 g/mol. The molecule has 0 radical (unpaired) electrons. The number of nitrogens with one attached hydrogen (secondary N) is 1. The van der Waals surface area contributed by atoms with E-state index in [0.717, 1.165) is 19.3 Å². The Hall–Kier alpha value is -1.44. The van der Waals surface area contributed by atoms with Crippen molar-refractivity contribution in [2.45, 2.75) is 31.1 Å². The molecular weight excluding hydrogens is 316 g/mol. The zero-order valence-electron chi connectivity index (χ0n) is 14.0. The molecule has 7 heteroatoms. The summed E-state index contributed by atoms with van der Waals surface area (Å²) in [6.07, 6.45) is 2.48. The quantitative estimate of drug-likeness (QED) is 0.659. The first-order valence-electron chi connectivity index (χ1n) is 7.77. The van der Waals surface area contributed by atoms with E-state index in [-0.39, 0.29) is 10.8 Å². The first-order valence-corrected chi connectivity index (χ1v) is 9.21. The zero-order valence-corrected chi connectivity index (χ0v) is 14.9. The Labute approximate surface area is 138 Å². The van der Waals surface area contributed by atoms with Crippen molar-refractivity contribution in [2.75, 3.05) is 33.9 Å². The van der Waals surface area contributed by atoms with Crippen LogP contribution in [-0.2, 0) is 14.8 Å². The highest BCUT2D eigenvalue weighted by Gasteiger charge is 2.20. The van der Waals surface area contributed by atoms with Crippen LogP contribution in [0.2, 0.25) is 0 Å². The second kappa shape index (κ2) is 9.64. The number of unbranched alkanes of at least 4 members (excludes halogenated alkanes) is 1. The maximum Gasteiger partial charge on any atom is 0.251 e. The monoisotopic (exact) mass is 342 g/mol. The van der Waals surface area contributed by atoms with Crippen molar-refractivity contribution < 1.29 is 17.9 Å². The molecule has 0 heterocycles. The Bertz CT molecular complexity index is 585. The summed E-state index contributed by atoms with van der Waals surface area (Å²) in [7, 11) is -0.312. The summed E-state index contributed by atoms with van der Waals surface area (Å²) in [5.41, 5.74) is 0.442. The van der Waals surface area contributed by atoms with Crippen LogP contribution in [0.3, 0.4) is 0 Å². The number of benzene rings is 1. The van der Waals surface area contributed by atoms with Gasteiger partial charge in [0.25, 0.3) is 5.91 Å². The molecule has 1 aromatic carbocycles. The summed E-state index contributed by atoms with van der Waals surface area (Å²) in [6, 6.07) is 6.02. The Morgan fingerprint density at radius 1 is 1.22 bits per heavy atom. The first-order chi connectivity index (χ1) is 10.9. The molecule has 0 aliphatic rings. The number of hydrogen-bond donors (Lipinski definition) is 1. The van der Waals surface area contributed by atoms with Gasteiger partial charge in [-0.2, -0.15) is 0 Å². The molecule has 23 heavy (non-hydrogen) atoms. The van der Waals surface area contributed by atoms with Crippen LogP contribution in [-0.4, -0.2) is 52.5 Å². The van der Waals surface area contributed by atoms with Crippen LogP contribution >= 0.6 is 0 Å². The maximum absolute atomic E-state index is 12.4. The van der Waals surface area contributed by atoms with Crippen molar-refractivity contribution in [1.29, 1.82) is 0 Å². The predicted octanol–water partition coefficient (Wildman–Crippen LogP) is 1.87. The molecule has 0 saturated carbocycles. The third-order valence-electron chi connectivity index (χ3n) is 3.46. The van der Waals surface area contributed by atoms with Crippen LogP contribution in [0.4, 0.5) is 0 Å². The molecule has 0 aromatic heterocycles. The molecule has 0 atom stereocenters. The van der Waals surface area contributed by atoms with Gasteiger partial charge in [-0.3, -0.25) is 4.79 Å². The fraction of sp³-hybridized carbons (Fsp3) is 0.562. The SMILES string of the molecule is CCCCN(C)S(=O)(=O)c1ccc(C(=O)NCCCOC)cc1. The summed E-state index contributed by atoms with van der Waals surface area (Å²) < 4.78 is 31.0. The minimum Gasteiger partial charge on any atom is -0.385 e. The van der Waals surface area contributed by atoms with Gasteiger partial charge in [0.1, 0.15) is 0 Å². The normalized spacial score (nSPS) is 11.7. The van der Waals surface area contributed by atoms with Gasteiger partial charge in [0, 0.05) is 39.4 Å². The highest BCUT2D eigenvalue weighted by Crippen LogP contribution is 2.15. The third-order valence-corrected chi connectivity index (χ3v) is 5.33. The van der Waals surface area contributed by atoms with Gasteiger partial charge in [0.2, 0.25) is 10.0 Å². The smallest absolute Gasteiger partial charge is 0.251 e. The molecule has 1 rings (SSSR count). The minimum atomic E-state index is -3.49. The van der Waals surface area contributed by atoms with Gasteiger partial charge in [-0.1, -0.05) is 13.3 Å². The predicted molar refractivity (Wildman–Crippen MR) is 90.0 cm³/mol. The van der Waals surface area contributed by atoms with E-state index in [9.17, 15) is 13.2 Å².